The summed E-state index contributed by atoms with van der Waals surface area (Å²) in [5, 5.41) is 1.40. The number of nitrogens with zero attached hydrogens (tertiary/aromatic N) is 2. The van der Waals surface area contributed by atoms with Crippen LogP contribution in [0, 0.1) is 6.92 Å². The Bertz CT molecular complexity index is 757. The van der Waals surface area contributed by atoms with Gasteiger partial charge in [-0.3, -0.25) is 0 Å². The summed E-state index contributed by atoms with van der Waals surface area (Å²) in [6.45, 7) is 6.11. The summed E-state index contributed by atoms with van der Waals surface area (Å²) in [5.74, 6) is 6.89. The van der Waals surface area contributed by atoms with E-state index in [1.807, 2.05) is 32.0 Å². The second-order valence-corrected chi connectivity index (χ2v) is 8.63. The van der Waals surface area contributed by atoms with Crippen molar-refractivity contribution in [1.29, 1.82) is 0 Å². The zero-order chi connectivity index (χ0) is 23.0. The summed E-state index contributed by atoms with van der Waals surface area (Å²) in [6, 6.07) is 6.00. The standard InChI is InChI=1S/C24H40N4O3/c1-6-10-18(3)27(4)24(29)30-16-21(28(5)26)23(25)19-13-14-22(17(2)15-19)31-20-11-8-7-9-12-20/h13-15,18,20H,6-12,16,25-26H2,1-5H3/b23-21-. The molecule has 7 heteroatoms. The van der Waals surface area contributed by atoms with Crippen LogP contribution in [0.1, 0.15) is 69.9 Å². The highest BCUT2D eigenvalue weighted by atomic mass is 16.6. The number of hydrogen-bond acceptors (Lipinski definition) is 6. The van der Waals surface area contributed by atoms with Crippen LogP contribution in [0.2, 0.25) is 0 Å². The number of carbonyl (C=O) groups excluding carboxylic acids is 1. The van der Waals surface area contributed by atoms with Crippen molar-refractivity contribution < 1.29 is 14.3 Å². The fraction of sp³-hybridized carbons (Fsp3) is 0.625. The number of benzene rings is 1. The molecule has 31 heavy (non-hydrogen) atoms. The van der Waals surface area contributed by atoms with Crippen molar-refractivity contribution in [1.82, 2.24) is 9.91 Å². The fourth-order valence-electron chi connectivity index (χ4n) is 3.87. The van der Waals surface area contributed by atoms with Crippen LogP contribution in [0.25, 0.3) is 5.70 Å². The highest BCUT2D eigenvalue weighted by Gasteiger charge is 2.20. The van der Waals surface area contributed by atoms with Gasteiger partial charge in [-0.1, -0.05) is 19.8 Å². The number of ether oxygens (including phenoxy) is 2. The predicted molar refractivity (Wildman–Crippen MR) is 125 cm³/mol. The Labute approximate surface area is 187 Å². The SMILES string of the molecule is CCCC(C)N(C)C(=O)OC/C(=C(/N)c1ccc(OC2CCCCC2)c(C)c1)N(C)N. The maximum absolute atomic E-state index is 12.4. The molecule has 1 aliphatic rings. The second-order valence-electron chi connectivity index (χ2n) is 8.63. The van der Waals surface area contributed by atoms with Gasteiger partial charge in [-0.15, -0.1) is 0 Å². The molecule has 1 amide bonds. The summed E-state index contributed by atoms with van der Waals surface area (Å²) in [7, 11) is 3.43. The first-order valence-electron chi connectivity index (χ1n) is 11.4. The number of carbonyl (C=O) groups is 1. The molecular formula is C24H40N4O3. The van der Waals surface area contributed by atoms with Gasteiger partial charge in [0.15, 0.2) is 0 Å². The van der Waals surface area contributed by atoms with Crippen molar-refractivity contribution in [2.45, 2.75) is 77.9 Å². The van der Waals surface area contributed by atoms with Gasteiger partial charge >= 0.3 is 6.09 Å². The summed E-state index contributed by atoms with van der Waals surface area (Å²) in [6.07, 6.45) is 7.81. The van der Waals surface area contributed by atoms with Crippen molar-refractivity contribution in [3.63, 3.8) is 0 Å². The molecule has 0 aliphatic heterocycles. The predicted octanol–water partition coefficient (Wildman–Crippen LogP) is 4.40. The van der Waals surface area contributed by atoms with Crippen LogP contribution < -0.4 is 16.3 Å². The topological polar surface area (TPSA) is 94.0 Å². The molecule has 1 atom stereocenters. The third kappa shape index (κ3) is 7.06. The van der Waals surface area contributed by atoms with E-state index >= 15 is 0 Å². The first-order valence-corrected chi connectivity index (χ1v) is 11.4. The van der Waals surface area contributed by atoms with E-state index in [1.54, 1.807) is 19.0 Å². The number of likely N-dealkylation sites (N-methyl/N-ethyl adjacent to an activating group) is 1. The summed E-state index contributed by atoms with van der Waals surface area (Å²) < 4.78 is 11.7. The van der Waals surface area contributed by atoms with E-state index in [0.717, 1.165) is 42.6 Å². The average molecular weight is 433 g/mol. The van der Waals surface area contributed by atoms with Crippen molar-refractivity contribution >= 4 is 11.8 Å². The third-order valence-corrected chi connectivity index (χ3v) is 6.06. The number of nitrogens with two attached hydrogens (primary N) is 2. The number of aryl methyl sites for hydroxylation is 1. The molecule has 1 aromatic rings. The lowest BCUT2D eigenvalue weighted by Crippen LogP contribution is -2.37. The molecule has 0 heterocycles. The highest BCUT2D eigenvalue weighted by molar-refractivity contribution is 5.70. The summed E-state index contributed by atoms with van der Waals surface area (Å²) >= 11 is 0. The largest absolute Gasteiger partial charge is 0.490 e. The minimum atomic E-state index is -0.388. The molecule has 0 saturated heterocycles. The van der Waals surface area contributed by atoms with Gasteiger partial charge in [0, 0.05) is 20.1 Å². The molecule has 7 nitrogen and oxygen atoms in total. The van der Waals surface area contributed by atoms with Crippen LogP contribution in [-0.4, -0.2) is 48.9 Å². The zero-order valence-electron chi connectivity index (χ0n) is 19.8. The van der Waals surface area contributed by atoms with Gasteiger partial charge in [0.25, 0.3) is 0 Å². The fourth-order valence-corrected chi connectivity index (χ4v) is 3.87. The molecule has 1 unspecified atom stereocenters. The van der Waals surface area contributed by atoms with Gasteiger partial charge in [0.05, 0.1) is 17.5 Å². The molecule has 1 fully saturated rings. The lowest BCUT2D eigenvalue weighted by Gasteiger charge is -2.26. The van der Waals surface area contributed by atoms with Gasteiger partial charge in [0.2, 0.25) is 0 Å². The second kappa shape index (κ2) is 11.8. The Morgan fingerprint density at radius 3 is 2.48 bits per heavy atom. The van der Waals surface area contributed by atoms with Gasteiger partial charge < -0.3 is 25.1 Å². The van der Waals surface area contributed by atoms with Gasteiger partial charge in [-0.05, 0) is 75.3 Å². The molecular weight excluding hydrogens is 392 g/mol. The Balaban J connectivity index is 2.11. The minimum Gasteiger partial charge on any atom is -0.490 e. The molecule has 0 aromatic heterocycles. The maximum atomic E-state index is 12.4. The molecule has 1 aliphatic carbocycles. The van der Waals surface area contributed by atoms with Crippen molar-refractivity contribution in [3.05, 3.63) is 35.0 Å². The smallest absolute Gasteiger partial charge is 0.410 e. The van der Waals surface area contributed by atoms with E-state index < -0.39 is 0 Å². The van der Waals surface area contributed by atoms with Crippen LogP contribution in [0.15, 0.2) is 23.9 Å². The number of hydrazine groups is 1. The Morgan fingerprint density at radius 2 is 1.90 bits per heavy atom. The Kier molecular flexibility index (Phi) is 9.49. The van der Waals surface area contributed by atoms with Crippen molar-refractivity contribution in [2.75, 3.05) is 20.7 Å². The van der Waals surface area contributed by atoms with Crippen LogP contribution in [0.5, 0.6) is 5.75 Å². The molecule has 1 saturated carbocycles. The van der Waals surface area contributed by atoms with Crippen LogP contribution in [-0.2, 0) is 4.74 Å². The van der Waals surface area contributed by atoms with E-state index in [-0.39, 0.29) is 18.7 Å². The van der Waals surface area contributed by atoms with Gasteiger partial charge in [0.1, 0.15) is 12.4 Å². The Morgan fingerprint density at radius 1 is 1.23 bits per heavy atom. The minimum absolute atomic E-state index is 0.000223. The van der Waals surface area contributed by atoms with Gasteiger partial charge in [-0.2, -0.15) is 0 Å². The van der Waals surface area contributed by atoms with E-state index in [4.69, 9.17) is 21.1 Å². The highest BCUT2D eigenvalue weighted by Crippen LogP contribution is 2.28. The van der Waals surface area contributed by atoms with E-state index in [2.05, 4.69) is 6.92 Å². The van der Waals surface area contributed by atoms with Crippen LogP contribution >= 0.6 is 0 Å². The van der Waals surface area contributed by atoms with E-state index in [0.29, 0.717) is 17.5 Å². The molecule has 0 bridgehead atoms. The molecule has 1 aromatic carbocycles. The van der Waals surface area contributed by atoms with E-state index in [1.165, 1.54) is 24.3 Å². The van der Waals surface area contributed by atoms with Gasteiger partial charge in [-0.25, -0.2) is 10.6 Å². The lowest BCUT2D eigenvalue weighted by molar-refractivity contribution is 0.100. The maximum Gasteiger partial charge on any atom is 0.410 e. The lowest BCUT2D eigenvalue weighted by atomic mass is 9.97. The third-order valence-electron chi connectivity index (χ3n) is 6.06. The normalized spacial score (nSPS) is 16.3. The molecule has 0 radical (unpaired) electrons. The quantitative estimate of drug-likeness (QED) is 0.444. The van der Waals surface area contributed by atoms with Crippen LogP contribution in [0.3, 0.4) is 0 Å². The molecule has 4 N–H and O–H groups in total. The Hall–Kier alpha value is -2.41. The van der Waals surface area contributed by atoms with E-state index in [9.17, 15) is 4.79 Å². The number of hydrogen-bond donors (Lipinski definition) is 2. The van der Waals surface area contributed by atoms with Crippen LogP contribution in [0.4, 0.5) is 4.79 Å². The first kappa shape index (κ1) is 24.9. The molecule has 2 rings (SSSR count). The average Bonchev–Trinajstić information content (AvgIpc) is 2.75. The number of rotatable bonds is 9. The number of amides is 1. The monoisotopic (exact) mass is 432 g/mol. The summed E-state index contributed by atoms with van der Waals surface area (Å²) in [4.78, 5) is 14.0. The van der Waals surface area contributed by atoms with Crippen molar-refractivity contribution in [3.8, 4) is 5.75 Å². The van der Waals surface area contributed by atoms with Crippen molar-refractivity contribution in [2.24, 2.45) is 11.6 Å². The summed E-state index contributed by atoms with van der Waals surface area (Å²) in [5.41, 5.74) is 9.30. The molecule has 174 valence electrons. The zero-order valence-corrected chi connectivity index (χ0v) is 19.8. The first-order chi connectivity index (χ1) is 14.7. The molecule has 0 spiro atoms.